The van der Waals surface area contributed by atoms with Gasteiger partial charge in [-0.2, -0.15) is 0 Å². The minimum Gasteiger partial charge on any atom is -0.384 e. The van der Waals surface area contributed by atoms with Crippen LogP contribution in [0.4, 0.5) is 5.69 Å². The van der Waals surface area contributed by atoms with E-state index < -0.39 is 0 Å². The first-order valence-electron chi connectivity index (χ1n) is 8.45. The number of hydrogen-bond acceptors (Lipinski definition) is 2. The monoisotopic (exact) mass is 355 g/mol. The fourth-order valence-electron chi connectivity index (χ4n) is 2.90. The molecule has 5 heteroatoms. The van der Waals surface area contributed by atoms with Gasteiger partial charge in [-0.15, -0.1) is 0 Å². The molecule has 0 aliphatic rings. The highest BCUT2D eigenvalue weighted by Gasteiger charge is 2.05. The van der Waals surface area contributed by atoms with Gasteiger partial charge in [-0.05, 0) is 48.7 Å². The van der Waals surface area contributed by atoms with E-state index in [1.165, 1.54) is 10.9 Å². The maximum atomic E-state index is 12.0. The van der Waals surface area contributed by atoms with E-state index in [-0.39, 0.29) is 5.91 Å². The number of benzene rings is 2. The number of anilines is 1. The van der Waals surface area contributed by atoms with Gasteiger partial charge in [0.2, 0.25) is 5.91 Å². The van der Waals surface area contributed by atoms with E-state index in [4.69, 9.17) is 11.6 Å². The topological polar surface area (TPSA) is 56.9 Å². The van der Waals surface area contributed by atoms with Crippen molar-refractivity contribution in [3.05, 3.63) is 64.8 Å². The summed E-state index contributed by atoms with van der Waals surface area (Å²) in [5.41, 5.74) is 4.44. The fraction of sp³-hybridized carbons (Fsp3) is 0.250. The molecule has 1 amide bonds. The molecule has 1 aromatic heterocycles. The SMILES string of the molecule is Cc1cc(Cl)ccc1NCCC(=O)NCCc1c[nH]c2ccccc12. The lowest BCUT2D eigenvalue weighted by Gasteiger charge is -2.10. The fourth-order valence-corrected chi connectivity index (χ4v) is 3.13. The predicted molar refractivity (Wildman–Crippen MR) is 104 cm³/mol. The molecule has 0 aliphatic carbocycles. The van der Waals surface area contributed by atoms with Gasteiger partial charge in [-0.1, -0.05) is 29.8 Å². The average Bonchev–Trinajstić information content (AvgIpc) is 3.00. The van der Waals surface area contributed by atoms with Crippen LogP contribution >= 0.6 is 11.6 Å². The lowest BCUT2D eigenvalue weighted by molar-refractivity contribution is -0.120. The highest BCUT2D eigenvalue weighted by atomic mass is 35.5. The van der Waals surface area contributed by atoms with Crippen LogP contribution in [0.1, 0.15) is 17.5 Å². The van der Waals surface area contributed by atoms with Gasteiger partial charge in [0.05, 0.1) is 0 Å². The number of aryl methyl sites for hydroxylation is 1. The van der Waals surface area contributed by atoms with Crippen LogP contribution in [0.5, 0.6) is 0 Å². The van der Waals surface area contributed by atoms with E-state index >= 15 is 0 Å². The zero-order valence-electron chi connectivity index (χ0n) is 14.2. The van der Waals surface area contributed by atoms with Crippen LogP contribution in [0, 0.1) is 6.92 Å². The number of carbonyl (C=O) groups excluding carboxylic acids is 1. The highest BCUT2D eigenvalue weighted by Crippen LogP contribution is 2.19. The van der Waals surface area contributed by atoms with E-state index in [0.29, 0.717) is 19.5 Å². The van der Waals surface area contributed by atoms with Crippen molar-refractivity contribution in [2.24, 2.45) is 0 Å². The molecule has 0 unspecified atom stereocenters. The number of halogens is 1. The molecule has 25 heavy (non-hydrogen) atoms. The van der Waals surface area contributed by atoms with Gasteiger partial charge in [-0.3, -0.25) is 4.79 Å². The molecule has 0 saturated carbocycles. The maximum absolute atomic E-state index is 12.0. The summed E-state index contributed by atoms with van der Waals surface area (Å²) >= 11 is 5.94. The number of aromatic nitrogens is 1. The first kappa shape index (κ1) is 17.4. The first-order valence-corrected chi connectivity index (χ1v) is 8.83. The predicted octanol–water partition coefficient (Wildman–Crippen LogP) is 4.29. The van der Waals surface area contributed by atoms with Crippen molar-refractivity contribution in [1.29, 1.82) is 0 Å². The Morgan fingerprint density at radius 2 is 2.00 bits per heavy atom. The molecule has 2 aromatic carbocycles. The first-order chi connectivity index (χ1) is 12.1. The molecule has 0 bridgehead atoms. The standard InChI is InChI=1S/C20H22ClN3O/c1-14-12-16(21)6-7-18(14)22-11-9-20(25)23-10-8-15-13-24-19-5-3-2-4-17(15)19/h2-7,12-13,22,24H,8-11H2,1H3,(H,23,25). The highest BCUT2D eigenvalue weighted by molar-refractivity contribution is 6.30. The lowest BCUT2D eigenvalue weighted by atomic mass is 10.1. The number of H-pyrrole nitrogens is 1. The molecule has 0 spiro atoms. The van der Waals surface area contributed by atoms with Crippen LogP contribution in [0.15, 0.2) is 48.7 Å². The molecule has 130 valence electrons. The van der Waals surface area contributed by atoms with Gasteiger partial charge in [0.25, 0.3) is 0 Å². The lowest BCUT2D eigenvalue weighted by Crippen LogP contribution is -2.27. The Bertz CT molecular complexity index is 872. The second-order valence-corrected chi connectivity index (χ2v) is 6.53. The summed E-state index contributed by atoms with van der Waals surface area (Å²) in [5.74, 6) is 0.0546. The molecule has 0 saturated heterocycles. The van der Waals surface area contributed by atoms with Gasteiger partial charge >= 0.3 is 0 Å². The molecule has 0 atom stereocenters. The smallest absolute Gasteiger partial charge is 0.221 e. The van der Waals surface area contributed by atoms with Crippen LogP contribution in [-0.2, 0) is 11.2 Å². The Labute approximate surface area is 152 Å². The van der Waals surface area contributed by atoms with Crippen LogP contribution < -0.4 is 10.6 Å². The molecule has 3 N–H and O–H groups in total. The summed E-state index contributed by atoms with van der Waals surface area (Å²) in [6.45, 7) is 3.23. The number of carbonyl (C=O) groups is 1. The minimum absolute atomic E-state index is 0.0546. The van der Waals surface area contributed by atoms with E-state index in [9.17, 15) is 4.79 Å². The van der Waals surface area contributed by atoms with Crippen molar-refractivity contribution < 1.29 is 4.79 Å². The van der Waals surface area contributed by atoms with Crippen molar-refractivity contribution >= 4 is 34.1 Å². The van der Waals surface area contributed by atoms with Crippen molar-refractivity contribution in [1.82, 2.24) is 10.3 Å². The molecule has 0 fully saturated rings. The van der Waals surface area contributed by atoms with E-state index in [1.807, 2.05) is 43.5 Å². The number of amides is 1. The van der Waals surface area contributed by atoms with E-state index in [1.54, 1.807) is 0 Å². The van der Waals surface area contributed by atoms with Crippen molar-refractivity contribution in [2.45, 2.75) is 19.8 Å². The zero-order valence-corrected chi connectivity index (χ0v) is 15.0. The molecule has 0 radical (unpaired) electrons. The quantitative estimate of drug-likeness (QED) is 0.592. The summed E-state index contributed by atoms with van der Waals surface area (Å²) in [4.78, 5) is 15.2. The molecule has 3 aromatic rings. The Morgan fingerprint density at radius 3 is 2.84 bits per heavy atom. The second kappa shape index (κ2) is 8.08. The second-order valence-electron chi connectivity index (χ2n) is 6.10. The van der Waals surface area contributed by atoms with E-state index in [2.05, 4.69) is 27.8 Å². The third-order valence-corrected chi connectivity index (χ3v) is 4.48. The summed E-state index contributed by atoms with van der Waals surface area (Å²) in [5, 5.41) is 8.20. The molecule has 4 nitrogen and oxygen atoms in total. The number of nitrogens with one attached hydrogen (secondary N) is 3. The van der Waals surface area contributed by atoms with Crippen LogP contribution in [0.25, 0.3) is 10.9 Å². The third-order valence-electron chi connectivity index (χ3n) is 4.25. The number of hydrogen-bond donors (Lipinski definition) is 3. The summed E-state index contributed by atoms with van der Waals surface area (Å²) in [6, 6.07) is 13.9. The van der Waals surface area contributed by atoms with Gasteiger partial charge in [0.1, 0.15) is 0 Å². The largest absolute Gasteiger partial charge is 0.384 e. The van der Waals surface area contributed by atoms with Crippen LogP contribution in [0.3, 0.4) is 0 Å². The summed E-state index contributed by atoms with van der Waals surface area (Å²) < 4.78 is 0. The van der Waals surface area contributed by atoms with Crippen LogP contribution in [0.2, 0.25) is 5.02 Å². The normalized spacial score (nSPS) is 10.8. The van der Waals surface area contributed by atoms with Crippen molar-refractivity contribution in [2.75, 3.05) is 18.4 Å². The number of rotatable bonds is 7. The van der Waals surface area contributed by atoms with Crippen molar-refractivity contribution in [3.8, 4) is 0 Å². The Balaban J connectivity index is 1.41. The number of fused-ring (bicyclic) bond motifs is 1. The molecular weight excluding hydrogens is 334 g/mol. The zero-order chi connectivity index (χ0) is 17.6. The number of para-hydroxylation sites is 1. The molecule has 1 heterocycles. The van der Waals surface area contributed by atoms with Gasteiger partial charge < -0.3 is 15.6 Å². The average molecular weight is 356 g/mol. The molecule has 0 aliphatic heterocycles. The minimum atomic E-state index is 0.0546. The Kier molecular flexibility index (Phi) is 5.61. The summed E-state index contributed by atoms with van der Waals surface area (Å²) in [7, 11) is 0. The van der Waals surface area contributed by atoms with Crippen LogP contribution in [-0.4, -0.2) is 24.0 Å². The number of aromatic amines is 1. The van der Waals surface area contributed by atoms with Crippen molar-refractivity contribution in [3.63, 3.8) is 0 Å². The Hall–Kier alpha value is -2.46. The van der Waals surface area contributed by atoms with Gasteiger partial charge in [0.15, 0.2) is 0 Å². The third kappa shape index (κ3) is 4.54. The van der Waals surface area contributed by atoms with Gasteiger partial charge in [-0.25, -0.2) is 0 Å². The maximum Gasteiger partial charge on any atom is 0.221 e. The Morgan fingerprint density at radius 1 is 1.16 bits per heavy atom. The summed E-state index contributed by atoms with van der Waals surface area (Å²) in [6.07, 6.45) is 3.27. The molecule has 3 rings (SSSR count). The van der Waals surface area contributed by atoms with Gasteiger partial charge in [0, 0.05) is 47.3 Å². The molecular formula is C20H22ClN3O. The van der Waals surface area contributed by atoms with E-state index in [0.717, 1.165) is 28.2 Å².